The first kappa shape index (κ1) is 12.9. The average molecular weight is 273 g/mol. The van der Waals surface area contributed by atoms with Gasteiger partial charge in [0, 0.05) is 29.4 Å². The normalized spacial score (nSPS) is 15.7. The number of amides is 1. The third-order valence-corrected chi connectivity index (χ3v) is 3.62. The average Bonchev–Trinajstić information content (AvgIpc) is 2.47. The van der Waals surface area contributed by atoms with E-state index >= 15 is 0 Å². The number of carbonyl (C=O) groups excluding carboxylic acids is 1. The van der Waals surface area contributed by atoms with E-state index in [0.29, 0.717) is 17.5 Å². The molecule has 0 saturated heterocycles. The number of β-amino-alcohol motifs (C(OH)–C–C–N with tert-alkyl or cyclic N) is 1. The molecule has 1 aliphatic heterocycles. The summed E-state index contributed by atoms with van der Waals surface area (Å²) in [6.07, 6.45) is -0.947. The van der Waals surface area contributed by atoms with Crippen molar-refractivity contribution in [3.63, 3.8) is 0 Å². The highest BCUT2D eigenvalue weighted by atomic mass is 16.3. The van der Waals surface area contributed by atoms with Crippen molar-refractivity contribution in [3.05, 3.63) is 41.5 Å². The fourth-order valence-corrected chi connectivity index (χ4v) is 2.68. The Morgan fingerprint density at radius 1 is 1.25 bits per heavy atom. The number of aliphatic hydroxyl groups excluding tert-OH is 2. The minimum atomic E-state index is -0.947. The van der Waals surface area contributed by atoms with Gasteiger partial charge in [-0.2, -0.15) is 0 Å². The lowest BCUT2D eigenvalue weighted by atomic mass is 9.94. The van der Waals surface area contributed by atoms with Crippen molar-refractivity contribution < 1.29 is 20.1 Å². The van der Waals surface area contributed by atoms with Gasteiger partial charge in [-0.05, 0) is 17.7 Å². The molecule has 0 spiro atoms. The molecule has 1 unspecified atom stereocenters. The molecule has 20 heavy (non-hydrogen) atoms. The molecule has 0 saturated carbocycles. The molecule has 0 radical (unpaired) electrons. The van der Waals surface area contributed by atoms with Crippen LogP contribution in [0.3, 0.4) is 0 Å². The summed E-state index contributed by atoms with van der Waals surface area (Å²) < 4.78 is 0. The third-order valence-electron chi connectivity index (χ3n) is 3.62. The van der Waals surface area contributed by atoms with Crippen LogP contribution >= 0.6 is 0 Å². The van der Waals surface area contributed by atoms with Gasteiger partial charge < -0.3 is 20.2 Å². The monoisotopic (exact) mass is 273 g/mol. The molecule has 1 heterocycles. The van der Waals surface area contributed by atoms with Crippen LogP contribution in [0.25, 0.3) is 10.8 Å². The number of hydrogen-bond acceptors (Lipinski definition) is 4. The molecule has 1 atom stereocenters. The van der Waals surface area contributed by atoms with Crippen LogP contribution in [0.5, 0.6) is 5.75 Å². The number of aromatic hydroxyl groups is 1. The van der Waals surface area contributed by atoms with Crippen molar-refractivity contribution in [2.45, 2.75) is 12.6 Å². The van der Waals surface area contributed by atoms with E-state index in [-0.39, 0.29) is 24.8 Å². The Hall–Kier alpha value is -2.11. The lowest BCUT2D eigenvalue weighted by Crippen LogP contribution is -2.40. The number of benzene rings is 2. The van der Waals surface area contributed by atoms with Gasteiger partial charge in [-0.25, -0.2) is 0 Å². The van der Waals surface area contributed by atoms with E-state index in [9.17, 15) is 15.0 Å². The molecule has 0 aliphatic carbocycles. The fourth-order valence-electron chi connectivity index (χ4n) is 2.68. The number of carbonyl (C=O) groups is 1. The quantitative estimate of drug-likeness (QED) is 0.774. The van der Waals surface area contributed by atoms with Gasteiger partial charge in [0.2, 0.25) is 0 Å². The van der Waals surface area contributed by atoms with Crippen LogP contribution in [0.15, 0.2) is 30.3 Å². The summed E-state index contributed by atoms with van der Waals surface area (Å²) in [6.45, 7) is 0.0755. The zero-order valence-corrected chi connectivity index (χ0v) is 10.8. The number of rotatable bonds is 3. The molecular weight excluding hydrogens is 258 g/mol. The van der Waals surface area contributed by atoms with Gasteiger partial charge in [0.05, 0.1) is 12.7 Å². The predicted octanol–water partition coefficient (Wildman–Crippen LogP) is 0.854. The lowest BCUT2D eigenvalue weighted by Gasteiger charge is -2.30. The summed E-state index contributed by atoms with van der Waals surface area (Å²) in [5.74, 6) is -0.0385. The summed E-state index contributed by atoms with van der Waals surface area (Å²) >= 11 is 0. The predicted molar refractivity (Wildman–Crippen MR) is 73.4 cm³/mol. The smallest absolute Gasteiger partial charge is 0.254 e. The van der Waals surface area contributed by atoms with Crippen LogP contribution in [-0.4, -0.2) is 45.4 Å². The largest absolute Gasteiger partial charge is 0.507 e. The van der Waals surface area contributed by atoms with Crippen molar-refractivity contribution in [2.24, 2.45) is 0 Å². The molecule has 3 N–H and O–H groups in total. The molecule has 2 aromatic carbocycles. The van der Waals surface area contributed by atoms with Crippen LogP contribution < -0.4 is 0 Å². The van der Waals surface area contributed by atoms with Gasteiger partial charge in [-0.1, -0.05) is 18.2 Å². The van der Waals surface area contributed by atoms with E-state index in [4.69, 9.17) is 5.11 Å². The maximum Gasteiger partial charge on any atom is 0.254 e. The van der Waals surface area contributed by atoms with E-state index in [2.05, 4.69) is 0 Å². The molecule has 1 aliphatic rings. The van der Waals surface area contributed by atoms with Crippen LogP contribution in [-0.2, 0) is 6.54 Å². The van der Waals surface area contributed by atoms with Gasteiger partial charge in [-0.15, -0.1) is 0 Å². The van der Waals surface area contributed by atoms with Crippen molar-refractivity contribution in [1.82, 2.24) is 4.90 Å². The number of aliphatic hydroxyl groups is 2. The summed E-state index contributed by atoms with van der Waals surface area (Å²) in [5.41, 5.74) is 1.45. The van der Waals surface area contributed by atoms with Gasteiger partial charge in [0.25, 0.3) is 5.91 Å². The Labute approximate surface area is 115 Å². The SMILES string of the molecule is O=C1c2cccc3c(O)ccc(c23)CN1CC(O)CO. The highest BCUT2D eigenvalue weighted by molar-refractivity contribution is 6.11. The summed E-state index contributed by atoms with van der Waals surface area (Å²) in [5, 5.41) is 29.8. The molecule has 2 aromatic rings. The Balaban J connectivity index is 2.10. The van der Waals surface area contributed by atoms with Crippen LogP contribution in [0.1, 0.15) is 15.9 Å². The molecule has 0 bridgehead atoms. The molecule has 5 nitrogen and oxygen atoms in total. The second-order valence-corrected chi connectivity index (χ2v) is 4.99. The molecular formula is C15H15NO4. The maximum absolute atomic E-state index is 12.4. The molecule has 0 aromatic heterocycles. The van der Waals surface area contributed by atoms with Gasteiger partial charge in [-0.3, -0.25) is 4.79 Å². The second kappa shape index (κ2) is 4.77. The Bertz CT molecular complexity index is 683. The van der Waals surface area contributed by atoms with Gasteiger partial charge >= 0.3 is 0 Å². The van der Waals surface area contributed by atoms with Crippen molar-refractivity contribution >= 4 is 16.7 Å². The van der Waals surface area contributed by atoms with Crippen LogP contribution in [0.2, 0.25) is 0 Å². The highest BCUT2D eigenvalue weighted by Crippen LogP contribution is 2.34. The topological polar surface area (TPSA) is 81.0 Å². The van der Waals surface area contributed by atoms with Crippen molar-refractivity contribution in [2.75, 3.05) is 13.2 Å². The minimum Gasteiger partial charge on any atom is -0.507 e. The summed E-state index contributed by atoms with van der Waals surface area (Å²) in [7, 11) is 0. The maximum atomic E-state index is 12.4. The van der Waals surface area contributed by atoms with Gasteiger partial charge in [0.1, 0.15) is 5.75 Å². The third kappa shape index (κ3) is 1.92. The molecule has 3 rings (SSSR count). The zero-order valence-electron chi connectivity index (χ0n) is 10.8. The lowest BCUT2D eigenvalue weighted by molar-refractivity contribution is 0.0435. The van der Waals surface area contributed by atoms with Crippen LogP contribution in [0, 0.1) is 0 Å². The number of phenols is 1. The van der Waals surface area contributed by atoms with E-state index in [1.807, 2.05) is 0 Å². The number of nitrogens with zero attached hydrogens (tertiary/aromatic N) is 1. The van der Waals surface area contributed by atoms with Crippen LogP contribution in [0.4, 0.5) is 0 Å². The van der Waals surface area contributed by atoms with Gasteiger partial charge in [0.15, 0.2) is 0 Å². The Morgan fingerprint density at radius 3 is 2.80 bits per heavy atom. The number of hydrogen-bond donors (Lipinski definition) is 3. The standard InChI is InChI=1S/C15H15NO4/c17-8-10(18)7-16-6-9-4-5-13(19)11-2-1-3-12(14(9)11)15(16)20/h1-5,10,17-19H,6-8H2. The summed E-state index contributed by atoms with van der Waals surface area (Å²) in [4.78, 5) is 13.9. The van der Waals surface area contributed by atoms with Crippen molar-refractivity contribution in [1.29, 1.82) is 0 Å². The first-order valence-corrected chi connectivity index (χ1v) is 6.43. The zero-order chi connectivity index (χ0) is 14.3. The second-order valence-electron chi connectivity index (χ2n) is 4.99. The minimum absolute atomic E-state index is 0.0893. The Morgan fingerprint density at radius 2 is 2.05 bits per heavy atom. The highest BCUT2D eigenvalue weighted by Gasteiger charge is 2.27. The van der Waals surface area contributed by atoms with E-state index < -0.39 is 6.10 Å². The first-order valence-electron chi connectivity index (χ1n) is 6.43. The number of phenolic OH excluding ortho intramolecular Hbond substituents is 1. The van der Waals surface area contributed by atoms with Crippen molar-refractivity contribution in [3.8, 4) is 5.75 Å². The molecule has 0 fully saturated rings. The molecule has 5 heteroatoms. The fraction of sp³-hybridized carbons (Fsp3) is 0.267. The first-order chi connectivity index (χ1) is 9.61. The van der Waals surface area contributed by atoms with E-state index in [1.165, 1.54) is 4.90 Å². The Kier molecular flexibility index (Phi) is 3.08. The molecule has 1 amide bonds. The molecule has 104 valence electrons. The van der Waals surface area contributed by atoms with E-state index in [0.717, 1.165) is 10.9 Å². The van der Waals surface area contributed by atoms with E-state index in [1.54, 1.807) is 30.3 Å². The summed E-state index contributed by atoms with van der Waals surface area (Å²) in [6, 6.07) is 8.61.